The average Bonchev–Trinajstić information content (AvgIpc) is 3.72. The number of nitrogens with two attached hydrogens (primary N) is 2. The summed E-state index contributed by atoms with van der Waals surface area (Å²) in [5.74, 6) is 0.0364. The van der Waals surface area contributed by atoms with E-state index in [9.17, 15) is 19.4 Å². The number of thiol groups is 1. The number of ether oxygens (including phenoxy) is 2. The highest BCUT2D eigenvalue weighted by atomic mass is 32.7. The van der Waals surface area contributed by atoms with Crippen LogP contribution in [0.15, 0.2) is 23.6 Å². The van der Waals surface area contributed by atoms with E-state index < -0.39 is 56.3 Å². The molecular formula is C20H25N10O9P2S2+. The number of aromatic nitrogens is 8. The zero-order valence-corrected chi connectivity index (χ0v) is 25.3. The van der Waals surface area contributed by atoms with Crippen LogP contribution in [0.4, 0.5) is 11.8 Å². The quantitative estimate of drug-likeness (QED) is 0.0963. The Balaban J connectivity index is 1.18. The summed E-state index contributed by atoms with van der Waals surface area (Å²) in [5, 5.41) is 13.9. The van der Waals surface area contributed by atoms with Crippen molar-refractivity contribution in [2.75, 3.05) is 24.7 Å². The van der Waals surface area contributed by atoms with Crippen LogP contribution in [0.2, 0.25) is 0 Å². The van der Waals surface area contributed by atoms with E-state index >= 15 is 0 Å². The lowest BCUT2D eigenvalue weighted by atomic mass is 10.1. The lowest BCUT2D eigenvalue weighted by Crippen LogP contribution is -2.28. The Labute approximate surface area is 252 Å². The minimum atomic E-state index is -3.99. The largest absolute Gasteiger partial charge is 0.582 e. The highest BCUT2D eigenvalue weighted by Gasteiger charge is 2.45. The summed E-state index contributed by atoms with van der Waals surface area (Å²) in [6.07, 6.45) is -0.403. The van der Waals surface area contributed by atoms with Gasteiger partial charge in [0.15, 0.2) is 28.9 Å². The van der Waals surface area contributed by atoms with Crippen molar-refractivity contribution < 1.29 is 37.6 Å². The van der Waals surface area contributed by atoms with Gasteiger partial charge >= 0.3 is 13.9 Å². The van der Waals surface area contributed by atoms with E-state index in [2.05, 4.69) is 42.3 Å². The molecule has 0 radical (unpaired) electrons. The Kier molecular flexibility index (Phi) is 8.48. The topological polar surface area (TPSA) is 262 Å². The molecule has 8 unspecified atom stereocenters. The van der Waals surface area contributed by atoms with E-state index in [0.717, 1.165) is 0 Å². The van der Waals surface area contributed by atoms with Gasteiger partial charge in [-0.1, -0.05) is 0 Å². The van der Waals surface area contributed by atoms with E-state index in [1.54, 1.807) is 0 Å². The second-order valence-corrected chi connectivity index (χ2v) is 14.1. The number of H-pyrrole nitrogens is 1. The van der Waals surface area contributed by atoms with Crippen molar-refractivity contribution in [2.24, 2.45) is 0 Å². The van der Waals surface area contributed by atoms with Crippen molar-refractivity contribution in [2.45, 2.75) is 49.6 Å². The first-order chi connectivity index (χ1) is 20.5. The first kappa shape index (κ1) is 30.4. The van der Waals surface area contributed by atoms with Crippen molar-refractivity contribution in [1.29, 1.82) is 0 Å². The minimum Gasteiger partial charge on any atom is -0.394 e. The third-order valence-electron chi connectivity index (χ3n) is 6.86. The number of rotatable bonds is 10. The Morgan fingerprint density at radius 1 is 1.23 bits per heavy atom. The Morgan fingerprint density at radius 2 is 2.05 bits per heavy atom. The molecule has 0 saturated carbocycles. The molecule has 23 heteroatoms. The van der Waals surface area contributed by atoms with Crippen molar-refractivity contribution in [3.8, 4) is 0 Å². The lowest BCUT2D eigenvalue weighted by molar-refractivity contribution is -0.0495. The number of fused-ring (bicyclic) bond motifs is 2. The summed E-state index contributed by atoms with van der Waals surface area (Å²) in [5.41, 5.74) is 12.0. The maximum absolute atomic E-state index is 12.2. The maximum Gasteiger partial charge on any atom is 0.582 e. The number of nitrogens with zero attached hydrogens (tertiary/aromatic N) is 7. The third kappa shape index (κ3) is 6.16. The molecule has 0 aromatic carbocycles. The van der Waals surface area contributed by atoms with Crippen LogP contribution in [-0.2, 0) is 39.4 Å². The Bertz CT molecular complexity index is 1790. The molecule has 6 rings (SSSR count). The monoisotopic (exact) mass is 675 g/mol. The van der Waals surface area contributed by atoms with Crippen molar-refractivity contribution in [1.82, 2.24) is 39.1 Å². The summed E-state index contributed by atoms with van der Waals surface area (Å²) in [6, 6.07) is 0. The van der Waals surface area contributed by atoms with Gasteiger partial charge in [0, 0.05) is 12.8 Å². The summed E-state index contributed by atoms with van der Waals surface area (Å²) in [6.45, 7) is -4.65. The SMILES string of the molecule is Nc1nc2c(ncn2C2OC(CO)CC2OP(O)(=S)OCC2OC(c3cnc4c(N)ncnn34)CC2O[P+](=O)S)c(=O)[nH]1. The summed E-state index contributed by atoms with van der Waals surface area (Å²) < 4.78 is 43.7. The van der Waals surface area contributed by atoms with Crippen LogP contribution in [-0.4, -0.2) is 86.7 Å². The van der Waals surface area contributed by atoms with Crippen molar-refractivity contribution >= 4 is 66.6 Å². The van der Waals surface area contributed by atoms with Gasteiger partial charge in [0.1, 0.15) is 43.0 Å². The Hall–Kier alpha value is -2.68. The lowest BCUT2D eigenvalue weighted by Gasteiger charge is -2.25. The number of aliphatic hydroxyl groups excluding tert-OH is 1. The van der Waals surface area contributed by atoms with Gasteiger partial charge in [0.25, 0.3) is 5.56 Å². The Morgan fingerprint density at radius 3 is 2.81 bits per heavy atom. The predicted molar refractivity (Wildman–Crippen MR) is 154 cm³/mol. The molecule has 0 bridgehead atoms. The van der Waals surface area contributed by atoms with Crippen LogP contribution in [0.3, 0.4) is 0 Å². The molecule has 230 valence electrons. The number of nitrogens with one attached hydrogen (secondary N) is 1. The molecule has 19 nitrogen and oxygen atoms in total. The molecule has 8 atom stereocenters. The highest BCUT2D eigenvalue weighted by molar-refractivity contribution is 8.39. The fraction of sp³-hybridized carbons (Fsp3) is 0.500. The first-order valence-corrected chi connectivity index (χ1v) is 17.5. The van der Waals surface area contributed by atoms with Gasteiger partial charge in [-0.05, 0) is 16.4 Å². The third-order valence-corrected chi connectivity index (χ3v) is 9.18. The molecule has 6 heterocycles. The minimum absolute atomic E-state index is 0.00490. The van der Waals surface area contributed by atoms with Crippen molar-refractivity contribution in [3.63, 3.8) is 0 Å². The van der Waals surface area contributed by atoms with Crippen LogP contribution in [0.25, 0.3) is 16.8 Å². The van der Waals surface area contributed by atoms with Gasteiger partial charge in [-0.15, -0.1) is 4.52 Å². The standard InChI is InChI=1S/C20H24N10O9P2S2/c21-15-17-23-3-9(30(17)26-6-24-15)10-2-11(38-40(33)42)13(37-10)5-35-41(34,43)39-12-1-8(4-31)36-19(12)29-7-25-14-16(29)27-20(22)28-18(14)32/h3,6-8,10-13,19,31H,1-2,4-5H2,(H6-,21,22,24,26,27,28,32,33,34,42,43)/p+1. The summed E-state index contributed by atoms with van der Waals surface area (Å²) >= 11 is 9.16. The first-order valence-electron chi connectivity index (χ1n) is 12.6. The number of aromatic amines is 1. The molecule has 2 aliphatic heterocycles. The fourth-order valence-corrected chi connectivity index (χ4v) is 7.28. The molecule has 4 aromatic heterocycles. The van der Waals surface area contributed by atoms with Gasteiger partial charge in [0.05, 0.1) is 37.5 Å². The molecule has 4 aromatic rings. The number of anilines is 2. The van der Waals surface area contributed by atoms with Crippen LogP contribution in [0, 0.1) is 0 Å². The normalized spacial score (nSPS) is 27.7. The molecule has 2 fully saturated rings. The van der Waals surface area contributed by atoms with E-state index in [0.29, 0.717) is 11.3 Å². The van der Waals surface area contributed by atoms with Gasteiger partial charge < -0.3 is 40.0 Å². The van der Waals surface area contributed by atoms with E-state index in [1.807, 2.05) is 0 Å². The zero-order valence-electron chi connectivity index (χ0n) is 21.8. The molecule has 0 aliphatic carbocycles. The molecular weight excluding hydrogens is 650 g/mol. The number of nitrogen functional groups attached to an aromatic ring is 2. The zero-order chi connectivity index (χ0) is 30.5. The van der Waals surface area contributed by atoms with Crippen LogP contribution in [0.5, 0.6) is 0 Å². The van der Waals surface area contributed by atoms with Crippen molar-refractivity contribution in [3.05, 3.63) is 34.9 Å². The van der Waals surface area contributed by atoms with E-state index in [-0.39, 0.29) is 49.0 Å². The smallest absolute Gasteiger partial charge is 0.394 e. The molecule has 7 N–H and O–H groups in total. The molecule has 0 amide bonds. The van der Waals surface area contributed by atoms with Gasteiger partial charge in [-0.25, -0.2) is 19.5 Å². The average molecular weight is 676 g/mol. The van der Waals surface area contributed by atoms with Gasteiger partial charge in [-0.3, -0.25) is 14.3 Å². The van der Waals surface area contributed by atoms with E-state index in [4.69, 9.17) is 46.3 Å². The molecule has 0 spiro atoms. The van der Waals surface area contributed by atoms with Crippen LogP contribution >= 0.6 is 26.2 Å². The van der Waals surface area contributed by atoms with Crippen LogP contribution < -0.4 is 17.0 Å². The number of hydrogen-bond donors (Lipinski definition) is 6. The molecule has 43 heavy (non-hydrogen) atoms. The number of hydrogen-bond acceptors (Lipinski definition) is 16. The van der Waals surface area contributed by atoms with Crippen LogP contribution in [0.1, 0.15) is 30.9 Å². The van der Waals surface area contributed by atoms with Gasteiger partial charge in [-0.2, -0.15) is 10.1 Å². The maximum atomic E-state index is 12.2. The predicted octanol–water partition coefficient (Wildman–Crippen LogP) is 0.123. The summed E-state index contributed by atoms with van der Waals surface area (Å²) in [7, 11) is -2.32. The number of aliphatic hydroxyl groups is 1. The fourth-order valence-electron chi connectivity index (χ4n) is 5.02. The molecule has 2 aliphatic rings. The van der Waals surface area contributed by atoms with Gasteiger partial charge in [0.2, 0.25) is 5.95 Å². The second-order valence-electron chi connectivity index (χ2n) is 9.59. The van der Waals surface area contributed by atoms with E-state index in [1.165, 1.54) is 27.9 Å². The highest BCUT2D eigenvalue weighted by Crippen LogP contribution is 2.51. The number of imidazole rings is 2. The summed E-state index contributed by atoms with van der Waals surface area (Å²) in [4.78, 5) is 42.0. The molecule has 2 saturated heterocycles. The second kappa shape index (κ2) is 12.0.